The highest BCUT2D eigenvalue weighted by Crippen LogP contribution is 2.29. The molecule has 24 heavy (non-hydrogen) atoms. The first kappa shape index (κ1) is 17.2. The van der Waals surface area contributed by atoms with Gasteiger partial charge in [-0.15, -0.1) is 0 Å². The van der Waals surface area contributed by atoms with Gasteiger partial charge < -0.3 is 5.73 Å². The molecule has 2 heterocycles. The first-order valence-corrected chi connectivity index (χ1v) is 8.91. The normalized spacial score (nSPS) is 21.1. The summed E-state index contributed by atoms with van der Waals surface area (Å²) in [7, 11) is 0. The number of nitrogens with zero attached hydrogens (tertiary/aromatic N) is 3. The Morgan fingerprint density at radius 1 is 1.17 bits per heavy atom. The van der Waals surface area contributed by atoms with Crippen molar-refractivity contribution in [3.8, 4) is 0 Å². The number of hydrogen-bond acceptors (Lipinski definition) is 3. The average molecular weight is 326 g/mol. The van der Waals surface area contributed by atoms with Gasteiger partial charge in [-0.05, 0) is 31.2 Å². The predicted octanol–water partition coefficient (Wildman–Crippen LogP) is 3.11. The topological polar surface area (TPSA) is 47.1 Å². The van der Waals surface area contributed by atoms with Crippen molar-refractivity contribution in [2.45, 2.75) is 53.2 Å². The van der Waals surface area contributed by atoms with E-state index >= 15 is 0 Å². The first-order valence-electron chi connectivity index (χ1n) is 8.91. The SMILES string of the molecule is Cc1nn(Cc2ccccc2)c(C)c1CN1CCC(N)C(C)(C)C1. The summed E-state index contributed by atoms with van der Waals surface area (Å²) in [5, 5.41) is 4.79. The summed E-state index contributed by atoms with van der Waals surface area (Å²) in [5.74, 6) is 0. The number of aryl methyl sites for hydroxylation is 1. The lowest BCUT2D eigenvalue weighted by Gasteiger charge is -2.42. The average Bonchev–Trinajstić information content (AvgIpc) is 2.79. The van der Waals surface area contributed by atoms with Crippen molar-refractivity contribution >= 4 is 0 Å². The Hall–Kier alpha value is -1.65. The van der Waals surface area contributed by atoms with Crippen LogP contribution in [0.4, 0.5) is 0 Å². The second-order valence-corrected chi connectivity index (χ2v) is 7.89. The van der Waals surface area contributed by atoms with Gasteiger partial charge in [-0.1, -0.05) is 44.2 Å². The van der Waals surface area contributed by atoms with E-state index in [0.717, 1.165) is 38.3 Å². The Kier molecular flexibility index (Phi) is 4.79. The van der Waals surface area contributed by atoms with Crippen LogP contribution in [0.1, 0.15) is 42.8 Å². The number of benzene rings is 1. The number of nitrogens with two attached hydrogens (primary N) is 1. The maximum Gasteiger partial charge on any atom is 0.0662 e. The highest BCUT2D eigenvalue weighted by Gasteiger charge is 2.33. The molecule has 2 aromatic rings. The van der Waals surface area contributed by atoms with E-state index in [0.29, 0.717) is 6.04 Å². The zero-order chi connectivity index (χ0) is 17.3. The Labute approximate surface area is 145 Å². The molecule has 0 bridgehead atoms. The van der Waals surface area contributed by atoms with Crippen LogP contribution in [0.2, 0.25) is 0 Å². The Morgan fingerprint density at radius 3 is 2.54 bits per heavy atom. The van der Waals surface area contributed by atoms with Crippen LogP contribution in [0.25, 0.3) is 0 Å². The first-order chi connectivity index (χ1) is 11.4. The second-order valence-electron chi connectivity index (χ2n) is 7.89. The third-order valence-corrected chi connectivity index (χ3v) is 5.48. The second kappa shape index (κ2) is 6.69. The Balaban J connectivity index is 1.75. The minimum atomic E-state index is 0.181. The van der Waals surface area contributed by atoms with Gasteiger partial charge in [-0.3, -0.25) is 9.58 Å². The highest BCUT2D eigenvalue weighted by atomic mass is 15.3. The Bertz CT molecular complexity index is 687. The predicted molar refractivity (Wildman–Crippen MR) is 98.9 cm³/mol. The number of hydrogen-bond donors (Lipinski definition) is 1. The number of likely N-dealkylation sites (tertiary alicyclic amines) is 1. The maximum absolute atomic E-state index is 6.27. The lowest BCUT2D eigenvalue weighted by molar-refractivity contribution is 0.0895. The van der Waals surface area contributed by atoms with E-state index < -0.39 is 0 Å². The molecule has 4 heteroatoms. The van der Waals surface area contributed by atoms with Gasteiger partial charge in [-0.25, -0.2) is 0 Å². The van der Waals surface area contributed by atoms with Gasteiger partial charge in [0.05, 0.1) is 12.2 Å². The van der Waals surface area contributed by atoms with Gasteiger partial charge in [0.25, 0.3) is 0 Å². The summed E-state index contributed by atoms with van der Waals surface area (Å²) in [6.45, 7) is 12.8. The van der Waals surface area contributed by atoms with E-state index in [2.05, 4.69) is 67.6 Å². The molecule has 0 spiro atoms. The molecular formula is C20H30N4. The van der Waals surface area contributed by atoms with E-state index in [1.807, 2.05) is 0 Å². The summed E-state index contributed by atoms with van der Waals surface area (Å²) >= 11 is 0. The lowest BCUT2D eigenvalue weighted by atomic mass is 9.79. The summed E-state index contributed by atoms with van der Waals surface area (Å²) in [6.07, 6.45) is 1.07. The monoisotopic (exact) mass is 326 g/mol. The van der Waals surface area contributed by atoms with Crippen molar-refractivity contribution in [2.75, 3.05) is 13.1 Å². The molecule has 1 aliphatic rings. The van der Waals surface area contributed by atoms with E-state index in [4.69, 9.17) is 10.8 Å². The highest BCUT2D eigenvalue weighted by molar-refractivity contribution is 5.26. The summed E-state index contributed by atoms with van der Waals surface area (Å²) in [6, 6.07) is 10.8. The number of rotatable bonds is 4. The molecule has 0 saturated carbocycles. The van der Waals surface area contributed by atoms with Crippen molar-refractivity contribution < 1.29 is 0 Å². The third kappa shape index (κ3) is 3.55. The molecule has 130 valence electrons. The maximum atomic E-state index is 6.27. The van der Waals surface area contributed by atoms with E-state index in [-0.39, 0.29) is 5.41 Å². The molecule has 0 radical (unpaired) electrons. The molecule has 0 aliphatic carbocycles. The van der Waals surface area contributed by atoms with E-state index in [1.165, 1.54) is 16.8 Å². The molecule has 2 N–H and O–H groups in total. The van der Waals surface area contributed by atoms with Gasteiger partial charge in [0.15, 0.2) is 0 Å². The zero-order valence-corrected chi connectivity index (χ0v) is 15.4. The fraction of sp³-hybridized carbons (Fsp3) is 0.550. The van der Waals surface area contributed by atoms with Gasteiger partial charge in [-0.2, -0.15) is 5.10 Å². The van der Waals surface area contributed by atoms with Gasteiger partial charge >= 0.3 is 0 Å². The molecule has 4 nitrogen and oxygen atoms in total. The van der Waals surface area contributed by atoms with Crippen LogP contribution in [0.3, 0.4) is 0 Å². The lowest BCUT2D eigenvalue weighted by Crippen LogP contribution is -2.52. The molecule has 1 unspecified atom stereocenters. The number of aromatic nitrogens is 2. The Morgan fingerprint density at radius 2 is 1.88 bits per heavy atom. The van der Waals surface area contributed by atoms with Gasteiger partial charge in [0.1, 0.15) is 0 Å². The van der Waals surface area contributed by atoms with Crippen molar-refractivity contribution in [3.63, 3.8) is 0 Å². The van der Waals surface area contributed by atoms with Crippen LogP contribution >= 0.6 is 0 Å². The van der Waals surface area contributed by atoms with Crippen LogP contribution in [0.5, 0.6) is 0 Å². The summed E-state index contributed by atoms with van der Waals surface area (Å²) in [5.41, 5.74) is 11.5. The van der Waals surface area contributed by atoms with Crippen molar-refractivity contribution in [3.05, 3.63) is 52.8 Å². The number of piperidine rings is 1. The minimum Gasteiger partial charge on any atom is -0.327 e. The van der Waals surface area contributed by atoms with Crippen molar-refractivity contribution in [1.29, 1.82) is 0 Å². The minimum absolute atomic E-state index is 0.181. The molecule has 1 fully saturated rings. The summed E-state index contributed by atoms with van der Waals surface area (Å²) < 4.78 is 2.14. The third-order valence-electron chi connectivity index (χ3n) is 5.48. The molecule has 1 aromatic carbocycles. The van der Waals surface area contributed by atoms with Crippen LogP contribution in [-0.2, 0) is 13.1 Å². The molecule has 0 amide bonds. The van der Waals surface area contributed by atoms with Crippen molar-refractivity contribution in [2.24, 2.45) is 11.1 Å². The zero-order valence-electron chi connectivity index (χ0n) is 15.4. The van der Waals surface area contributed by atoms with E-state index in [1.54, 1.807) is 0 Å². The van der Waals surface area contributed by atoms with Crippen LogP contribution in [-0.4, -0.2) is 33.8 Å². The van der Waals surface area contributed by atoms with E-state index in [9.17, 15) is 0 Å². The van der Waals surface area contributed by atoms with Gasteiger partial charge in [0.2, 0.25) is 0 Å². The van der Waals surface area contributed by atoms with Crippen molar-refractivity contribution in [1.82, 2.24) is 14.7 Å². The fourth-order valence-corrected chi connectivity index (χ4v) is 3.72. The van der Waals surface area contributed by atoms with Gasteiger partial charge in [0, 0.05) is 36.9 Å². The smallest absolute Gasteiger partial charge is 0.0662 e. The summed E-state index contributed by atoms with van der Waals surface area (Å²) in [4.78, 5) is 2.53. The van der Waals surface area contributed by atoms with Crippen LogP contribution < -0.4 is 5.73 Å². The largest absolute Gasteiger partial charge is 0.327 e. The fourth-order valence-electron chi connectivity index (χ4n) is 3.72. The molecule has 1 saturated heterocycles. The molecular weight excluding hydrogens is 296 g/mol. The quantitative estimate of drug-likeness (QED) is 0.939. The molecule has 1 aliphatic heterocycles. The standard InChI is InChI=1S/C20H30N4/c1-15-18(13-23-11-10-19(21)20(3,4)14-23)16(2)24(22-15)12-17-8-6-5-7-9-17/h5-9,19H,10-14,21H2,1-4H3. The molecule has 1 aromatic heterocycles. The van der Waals surface area contributed by atoms with Crippen LogP contribution in [0, 0.1) is 19.3 Å². The molecule has 1 atom stereocenters. The van der Waals surface area contributed by atoms with Crippen LogP contribution in [0.15, 0.2) is 30.3 Å². The molecule has 3 rings (SSSR count).